The van der Waals surface area contributed by atoms with E-state index in [9.17, 15) is 14.7 Å². The summed E-state index contributed by atoms with van der Waals surface area (Å²) >= 11 is 7.26. The highest BCUT2D eigenvalue weighted by Gasteiger charge is 2.48. The van der Waals surface area contributed by atoms with Crippen molar-refractivity contribution in [2.24, 2.45) is 0 Å². The lowest BCUT2D eigenvalue weighted by molar-refractivity contribution is -0.132. The fourth-order valence-corrected chi connectivity index (χ4v) is 5.31. The summed E-state index contributed by atoms with van der Waals surface area (Å²) in [5, 5.41) is 12.1. The van der Waals surface area contributed by atoms with E-state index in [0.717, 1.165) is 4.70 Å². The molecule has 1 aliphatic rings. The van der Waals surface area contributed by atoms with Crippen LogP contribution in [0, 0.1) is 0 Å². The number of hydrogen-bond acceptors (Lipinski definition) is 7. The number of rotatable bonds is 7. The van der Waals surface area contributed by atoms with Gasteiger partial charge in [-0.3, -0.25) is 14.5 Å². The van der Waals surface area contributed by atoms with Crippen molar-refractivity contribution >= 4 is 55.7 Å². The minimum absolute atomic E-state index is 0.0509. The van der Waals surface area contributed by atoms with Gasteiger partial charge in [0.1, 0.15) is 23.9 Å². The van der Waals surface area contributed by atoms with Crippen molar-refractivity contribution in [3.63, 3.8) is 0 Å². The zero-order chi connectivity index (χ0) is 26.1. The third kappa shape index (κ3) is 4.57. The summed E-state index contributed by atoms with van der Waals surface area (Å²) in [6.07, 6.45) is 1.62. The molecule has 4 aromatic rings. The van der Waals surface area contributed by atoms with E-state index in [1.807, 2.05) is 6.07 Å². The average Bonchev–Trinajstić information content (AvgIpc) is 3.45. The van der Waals surface area contributed by atoms with Gasteiger partial charge in [-0.25, -0.2) is 4.98 Å². The van der Waals surface area contributed by atoms with Crippen LogP contribution in [0.2, 0.25) is 5.02 Å². The van der Waals surface area contributed by atoms with E-state index in [4.69, 9.17) is 21.1 Å². The molecule has 0 aliphatic carbocycles. The third-order valence-corrected chi connectivity index (χ3v) is 7.16. The summed E-state index contributed by atoms with van der Waals surface area (Å²) in [4.78, 5) is 32.8. The maximum absolute atomic E-state index is 13.5. The molecule has 7 nitrogen and oxygen atoms in total. The Morgan fingerprint density at radius 2 is 1.92 bits per heavy atom. The van der Waals surface area contributed by atoms with E-state index >= 15 is 0 Å². The molecule has 1 aliphatic heterocycles. The smallest absolute Gasteiger partial charge is 0.301 e. The second-order valence-electron chi connectivity index (χ2n) is 8.18. The number of carbonyl (C=O) groups is 2. The largest absolute Gasteiger partial charge is 0.507 e. The molecule has 0 saturated carbocycles. The molecule has 1 amide bonds. The number of ketones is 1. The van der Waals surface area contributed by atoms with Gasteiger partial charge in [0.2, 0.25) is 0 Å². The van der Waals surface area contributed by atoms with E-state index < -0.39 is 17.7 Å². The fraction of sp³-hybridized carbons (Fsp3) is 0.107. The molecule has 9 heteroatoms. The molecule has 3 aromatic carbocycles. The van der Waals surface area contributed by atoms with Crippen molar-refractivity contribution in [1.29, 1.82) is 0 Å². The first-order valence-electron chi connectivity index (χ1n) is 11.3. The van der Waals surface area contributed by atoms with Gasteiger partial charge in [-0.05, 0) is 60.2 Å². The number of fused-ring (bicyclic) bond motifs is 1. The Labute approximate surface area is 221 Å². The number of aliphatic hydroxyl groups excluding tert-OH is 1. The van der Waals surface area contributed by atoms with Gasteiger partial charge in [-0.15, -0.1) is 0 Å². The van der Waals surface area contributed by atoms with Crippen molar-refractivity contribution in [3.8, 4) is 11.5 Å². The van der Waals surface area contributed by atoms with Gasteiger partial charge in [0, 0.05) is 10.6 Å². The zero-order valence-electron chi connectivity index (χ0n) is 19.7. The van der Waals surface area contributed by atoms with Gasteiger partial charge in [0.05, 0.1) is 28.9 Å². The summed E-state index contributed by atoms with van der Waals surface area (Å²) in [6, 6.07) is 17.9. The molecule has 2 heterocycles. The minimum atomic E-state index is -0.939. The molecule has 1 fully saturated rings. The first-order chi connectivity index (χ1) is 17.9. The monoisotopic (exact) mass is 532 g/mol. The number of benzene rings is 3. The molecule has 186 valence electrons. The summed E-state index contributed by atoms with van der Waals surface area (Å²) in [7, 11) is 1.57. The lowest BCUT2D eigenvalue weighted by atomic mass is 9.95. The Morgan fingerprint density at radius 3 is 2.65 bits per heavy atom. The Hall–Kier alpha value is -4.14. The van der Waals surface area contributed by atoms with Gasteiger partial charge >= 0.3 is 5.91 Å². The van der Waals surface area contributed by atoms with Crippen molar-refractivity contribution in [2.75, 3.05) is 18.6 Å². The molecule has 1 atom stereocenters. The molecule has 1 saturated heterocycles. The van der Waals surface area contributed by atoms with E-state index in [-0.39, 0.29) is 17.9 Å². The van der Waals surface area contributed by atoms with Crippen LogP contribution in [0.3, 0.4) is 0 Å². The Bertz CT molecular complexity index is 1560. The number of aliphatic hydroxyl groups is 1. The number of methoxy groups -OCH3 is 1. The Kier molecular flexibility index (Phi) is 6.69. The van der Waals surface area contributed by atoms with Crippen LogP contribution in [0.4, 0.5) is 5.13 Å². The van der Waals surface area contributed by atoms with E-state index in [1.165, 1.54) is 16.2 Å². The Balaban J connectivity index is 1.70. The number of Topliss-reactive ketones (excluding diaryl/α,β-unsaturated/α-hetero) is 1. The maximum atomic E-state index is 13.5. The predicted molar refractivity (Wildman–Crippen MR) is 145 cm³/mol. The molecule has 0 bridgehead atoms. The molecular weight excluding hydrogens is 512 g/mol. The van der Waals surface area contributed by atoms with Gasteiger partial charge in [-0.2, -0.15) is 0 Å². The number of aromatic nitrogens is 1. The number of amides is 1. The van der Waals surface area contributed by atoms with Crippen LogP contribution in [0.15, 0.2) is 85.0 Å². The highest BCUT2D eigenvalue weighted by molar-refractivity contribution is 7.22. The number of thiazole rings is 1. The molecule has 0 spiro atoms. The standard InChI is InChI=1S/C28H21ClN2O5S/c1-3-13-36-20-6-4-5-17(14-20)24-23(25(32)16-7-9-18(29)10-8-16)26(33)27(34)31(24)28-30-21-12-11-19(35-2)15-22(21)37-28/h3-12,14-15,24,32H,1,13H2,2H3/b25-23+. The molecule has 0 radical (unpaired) electrons. The SMILES string of the molecule is C=CCOc1cccc(C2/C(=C(\O)c3ccc(Cl)cc3)C(=O)C(=O)N2c2nc3ccc(OC)cc3s2)c1. The predicted octanol–water partition coefficient (Wildman–Crippen LogP) is 6.15. The number of halogens is 1. The van der Waals surface area contributed by atoms with Gasteiger partial charge < -0.3 is 14.6 Å². The van der Waals surface area contributed by atoms with Crippen LogP contribution in [-0.4, -0.2) is 35.5 Å². The molecular formula is C28H21ClN2O5S. The first-order valence-corrected chi connectivity index (χ1v) is 12.5. The fourth-order valence-electron chi connectivity index (χ4n) is 4.16. The second kappa shape index (κ2) is 10.1. The summed E-state index contributed by atoms with van der Waals surface area (Å²) in [6.45, 7) is 3.95. The van der Waals surface area contributed by atoms with Crippen LogP contribution in [0.1, 0.15) is 17.2 Å². The second-order valence-corrected chi connectivity index (χ2v) is 9.62. The average molecular weight is 533 g/mol. The number of nitrogens with zero attached hydrogens (tertiary/aromatic N) is 2. The van der Waals surface area contributed by atoms with Crippen LogP contribution >= 0.6 is 22.9 Å². The van der Waals surface area contributed by atoms with Crippen LogP contribution < -0.4 is 14.4 Å². The van der Waals surface area contributed by atoms with Crippen molar-refractivity contribution < 1.29 is 24.2 Å². The zero-order valence-corrected chi connectivity index (χ0v) is 21.3. The van der Waals surface area contributed by atoms with Crippen LogP contribution in [0.5, 0.6) is 11.5 Å². The molecule has 37 heavy (non-hydrogen) atoms. The van der Waals surface area contributed by atoms with Crippen LogP contribution in [-0.2, 0) is 9.59 Å². The van der Waals surface area contributed by atoms with Crippen molar-refractivity contribution in [1.82, 2.24) is 4.98 Å². The summed E-state index contributed by atoms with van der Waals surface area (Å²) in [5.74, 6) is -0.724. The number of hydrogen-bond donors (Lipinski definition) is 1. The van der Waals surface area contributed by atoms with E-state index in [2.05, 4.69) is 11.6 Å². The quantitative estimate of drug-likeness (QED) is 0.133. The highest BCUT2D eigenvalue weighted by atomic mass is 35.5. The number of anilines is 1. The van der Waals surface area contributed by atoms with Gasteiger partial charge in [0.25, 0.3) is 5.78 Å². The van der Waals surface area contributed by atoms with E-state index in [1.54, 1.807) is 73.8 Å². The first kappa shape index (κ1) is 24.5. The third-order valence-electron chi connectivity index (χ3n) is 5.89. The van der Waals surface area contributed by atoms with E-state index in [0.29, 0.717) is 38.3 Å². The molecule has 5 rings (SSSR count). The van der Waals surface area contributed by atoms with Crippen LogP contribution in [0.25, 0.3) is 16.0 Å². The lowest BCUT2D eigenvalue weighted by Gasteiger charge is -2.23. The number of carbonyl (C=O) groups excluding carboxylic acids is 2. The normalized spacial score (nSPS) is 16.8. The Morgan fingerprint density at radius 1 is 1.14 bits per heavy atom. The van der Waals surface area contributed by atoms with Crippen molar-refractivity contribution in [2.45, 2.75) is 6.04 Å². The minimum Gasteiger partial charge on any atom is -0.507 e. The number of ether oxygens (including phenoxy) is 2. The summed E-state index contributed by atoms with van der Waals surface area (Å²) < 4.78 is 11.8. The molecule has 1 unspecified atom stereocenters. The molecule has 1 N–H and O–H groups in total. The topological polar surface area (TPSA) is 89.0 Å². The maximum Gasteiger partial charge on any atom is 0.301 e. The lowest BCUT2D eigenvalue weighted by Crippen LogP contribution is -2.29. The highest BCUT2D eigenvalue weighted by Crippen LogP contribution is 2.45. The van der Waals surface area contributed by atoms with Gasteiger partial charge in [0.15, 0.2) is 5.13 Å². The van der Waals surface area contributed by atoms with Gasteiger partial charge in [-0.1, -0.05) is 47.7 Å². The summed E-state index contributed by atoms with van der Waals surface area (Å²) in [5.41, 5.74) is 1.54. The molecule has 1 aromatic heterocycles. The van der Waals surface area contributed by atoms with Crippen molar-refractivity contribution in [3.05, 3.63) is 101 Å².